The highest BCUT2D eigenvalue weighted by Crippen LogP contribution is 2.42. The van der Waals surface area contributed by atoms with E-state index in [1.165, 1.54) is 205 Å². The molecule has 0 rings (SSSR count). The lowest BCUT2D eigenvalue weighted by Crippen LogP contribution is -2.24. The predicted octanol–water partition coefficient (Wildman–Crippen LogP) is 15.6. The summed E-state index contributed by atoms with van der Waals surface area (Å²) >= 11 is 0. The van der Waals surface area contributed by atoms with Gasteiger partial charge in [-0.3, -0.25) is 0 Å². The van der Waals surface area contributed by atoms with Crippen molar-refractivity contribution in [2.45, 2.75) is 257 Å². The van der Waals surface area contributed by atoms with E-state index in [0.717, 1.165) is 9.52 Å². The van der Waals surface area contributed by atoms with Gasteiger partial charge in [-0.1, -0.05) is 247 Å². The van der Waals surface area contributed by atoms with E-state index in [9.17, 15) is 0 Å². The Hall–Kier alpha value is 0.217. The maximum Gasteiger partial charge on any atom is 0.0517 e. The van der Waals surface area contributed by atoms with Gasteiger partial charge in [0.1, 0.15) is 0 Å². The minimum absolute atomic E-state index is 0.537. The van der Waals surface area contributed by atoms with Crippen LogP contribution < -0.4 is 0 Å². The first-order valence-corrected chi connectivity index (χ1v) is 20.6. The molecule has 0 atom stereocenters. The van der Waals surface area contributed by atoms with Crippen LogP contribution in [0.2, 0.25) is 10.1 Å². The molecule has 0 amide bonds. The van der Waals surface area contributed by atoms with E-state index in [4.69, 9.17) is 0 Å². The van der Waals surface area contributed by atoms with Crippen LogP contribution in [0, 0.1) is 0 Å². The number of hydrogen-bond donors (Lipinski definition) is 0. The highest BCUT2D eigenvalue weighted by atomic mass is 28.2. The van der Waals surface area contributed by atoms with Crippen molar-refractivity contribution in [3.05, 3.63) is 0 Å². The molecule has 0 bridgehead atoms. The molecule has 0 heterocycles. The van der Waals surface area contributed by atoms with Crippen molar-refractivity contribution in [1.82, 2.24) is 0 Å². The van der Waals surface area contributed by atoms with Crippen molar-refractivity contribution < 1.29 is 0 Å². The summed E-state index contributed by atoms with van der Waals surface area (Å²) < 4.78 is 0. The summed E-state index contributed by atoms with van der Waals surface area (Å²) in [6.45, 7) is 14.9. The standard InChI is InChI=1S/C40H82Si/c1-7-9-11-13-15-17-19-21-23-25-27-29-31-33-35-37-39(3,4)41-40(5,6)38-36-34-32-30-28-26-24-22-20-18-16-14-12-10-8-2/h7-38H2,1-6H3. The Balaban J connectivity index is 3.53. The molecule has 1 heteroatoms. The van der Waals surface area contributed by atoms with E-state index in [1.807, 2.05) is 0 Å². The molecule has 0 aromatic heterocycles. The summed E-state index contributed by atoms with van der Waals surface area (Å²) in [5.41, 5.74) is 0. The van der Waals surface area contributed by atoms with Gasteiger partial charge in [-0.25, -0.2) is 0 Å². The molecule has 246 valence electrons. The van der Waals surface area contributed by atoms with Crippen LogP contribution >= 0.6 is 0 Å². The van der Waals surface area contributed by atoms with E-state index in [2.05, 4.69) is 41.5 Å². The van der Waals surface area contributed by atoms with E-state index >= 15 is 0 Å². The summed E-state index contributed by atoms with van der Waals surface area (Å²) in [5, 5.41) is 1.07. The van der Waals surface area contributed by atoms with Crippen molar-refractivity contribution in [3.63, 3.8) is 0 Å². The van der Waals surface area contributed by atoms with Gasteiger partial charge in [0, 0.05) is 0 Å². The van der Waals surface area contributed by atoms with Gasteiger partial charge in [-0.15, -0.1) is 0 Å². The van der Waals surface area contributed by atoms with Crippen LogP contribution in [0.3, 0.4) is 0 Å². The molecule has 0 fully saturated rings. The maximum atomic E-state index is 2.56. The molecule has 0 aliphatic carbocycles. The van der Waals surface area contributed by atoms with Crippen LogP contribution in [0.15, 0.2) is 0 Å². The molecule has 0 nitrogen and oxygen atoms in total. The zero-order chi connectivity index (χ0) is 30.3. The molecule has 41 heavy (non-hydrogen) atoms. The van der Waals surface area contributed by atoms with Crippen molar-refractivity contribution >= 4 is 9.52 Å². The predicted molar refractivity (Wildman–Crippen MR) is 193 cm³/mol. The van der Waals surface area contributed by atoms with E-state index in [0.29, 0.717) is 10.1 Å². The van der Waals surface area contributed by atoms with Gasteiger partial charge in [0.25, 0.3) is 0 Å². The minimum Gasteiger partial charge on any atom is -0.0654 e. The Morgan fingerprint density at radius 3 is 0.634 bits per heavy atom. The molecule has 0 aromatic rings. The summed E-state index contributed by atoms with van der Waals surface area (Å²) in [5.74, 6) is 0. The minimum atomic E-state index is 0.537. The van der Waals surface area contributed by atoms with E-state index < -0.39 is 0 Å². The number of rotatable bonds is 34. The Morgan fingerprint density at radius 2 is 0.439 bits per heavy atom. The van der Waals surface area contributed by atoms with Crippen molar-refractivity contribution in [2.24, 2.45) is 0 Å². The maximum absolute atomic E-state index is 2.56. The lowest BCUT2D eigenvalue weighted by molar-refractivity contribution is 0.478. The van der Waals surface area contributed by atoms with Crippen molar-refractivity contribution in [2.75, 3.05) is 0 Å². The molecular formula is C40H82Si. The molecule has 0 aliphatic rings. The van der Waals surface area contributed by atoms with Gasteiger partial charge < -0.3 is 0 Å². The molecular weight excluding hydrogens is 509 g/mol. The first-order chi connectivity index (χ1) is 19.8. The highest BCUT2D eigenvalue weighted by molar-refractivity contribution is 6.43. The first kappa shape index (κ1) is 41.2. The molecule has 0 saturated heterocycles. The van der Waals surface area contributed by atoms with Crippen LogP contribution in [0.25, 0.3) is 0 Å². The second kappa shape index (κ2) is 30.3. The Kier molecular flexibility index (Phi) is 30.4. The summed E-state index contributed by atoms with van der Waals surface area (Å²) in [7, 11) is 1.11. The Morgan fingerprint density at radius 1 is 0.268 bits per heavy atom. The summed E-state index contributed by atoms with van der Waals surface area (Å²) in [6, 6.07) is 0. The van der Waals surface area contributed by atoms with Crippen LogP contribution in [-0.2, 0) is 0 Å². The molecule has 0 aromatic carbocycles. The molecule has 0 spiro atoms. The zero-order valence-electron chi connectivity index (χ0n) is 30.1. The first-order valence-electron chi connectivity index (χ1n) is 19.6. The fourth-order valence-corrected chi connectivity index (χ4v) is 9.35. The second-order valence-corrected chi connectivity index (χ2v) is 18.2. The van der Waals surface area contributed by atoms with Crippen LogP contribution in [0.1, 0.15) is 247 Å². The largest absolute Gasteiger partial charge is 0.0654 e. The number of unbranched alkanes of at least 4 members (excludes halogenated alkanes) is 28. The Labute approximate surface area is 266 Å². The van der Waals surface area contributed by atoms with E-state index in [1.54, 1.807) is 0 Å². The highest BCUT2D eigenvalue weighted by Gasteiger charge is 2.29. The van der Waals surface area contributed by atoms with Gasteiger partial charge in [-0.05, 0) is 10.1 Å². The zero-order valence-corrected chi connectivity index (χ0v) is 31.1. The van der Waals surface area contributed by atoms with Crippen molar-refractivity contribution in [3.8, 4) is 0 Å². The van der Waals surface area contributed by atoms with E-state index in [-0.39, 0.29) is 0 Å². The topological polar surface area (TPSA) is 0 Å². The molecule has 0 saturated carbocycles. The number of hydrogen-bond acceptors (Lipinski definition) is 0. The average molecular weight is 591 g/mol. The quantitative estimate of drug-likeness (QED) is 0.0516. The lowest BCUT2D eigenvalue weighted by atomic mass is 10.0. The normalized spacial score (nSPS) is 12.4. The fraction of sp³-hybridized carbons (Fsp3) is 1.00. The van der Waals surface area contributed by atoms with Crippen molar-refractivity contribution in [1.29, 1.82) is 0 Å². The van der Waals surface area contributed by atoms with Crippen LogP contribution in [0.4, 0.5) is 0 Å². The second-order valence-electron chi connectivity index (χ2n) is 15.3. The van der Waals surface area contributed by atoms with Crippen LogP contribution in [-0.4, -0.2) is 9.52 Å². The smallest absolute Gasteiger partial charge is 0.0517 e. The van der Waals surface area contributed by atoms with Gasteiger partial charge in [-0.2, -0.15) is 0 Å². The molecule has 2 radical (unpaired) electrons. The third-order valence-corrected chi connectivity index (χ3v) is 11.3. The Bertz CT molecular complexity index is 449. The third-order valence-electron chi connectivity index (χ3n) is 9.49. The summed E-state index contributed by atoms with van der Waals surface area (Å²) in [6.07, 6.45) is 46.8. The lowest BCUT2D eigenvalue weighted by Gasteiger charge is -2.34. The van der Waals surface area contributed by atoms with Gasteiger partial charge >= 0.3 is 0 Å². The monoisotopic (exact) mass is 591 g/mol. The van der Waals surface area contributed by atoms with Gasteiger partial charge in [0.2, 0.25) is 0 Å². The van der Waals surface area contributed by atoms with Gasteiger partial charge in [0.15, 0.2) is 0 Å². The van der Waals surface area contributed by atoms with Gasteiger partial charge in [0.05, 0.1) is 9.52 Å². The molecule has 0 unspecified atom stereocenters. The molecule has 0 aliphatic heterocycles. The summed E-state index contributed by atoms with van der Waals surface area (Å²) in [4.78, 5) is 0. The third kappa shape index (κ3) is 33.0. The van der Waals surface area contributed by atoms with Crippen LogP contribution in [0.5, 0.6) is 0 Å². The SMILES string of the molecule is CCCCCCCCCCCCCCCCCC(C)(C)[Si]C(C)(C)CCCCCCCCCCCCCCCCC. The fourth-order valence-electron chi connectivity index (χ4n) is 6.92. The average Bonchev–Trinajstić information content (AvgIpc) is 2.92. The molecule has 0 N–H and O–H groups in total.